The Hall–Kier alpha value is -1.31. The summed E-state index contributed by atoms with van der Waals surface area (Å²) in [6.07, 6.45) is 6.17. The van der Waals surface area contributed by atoms with Crippen LogP contribution in [0, 0.1) is 5.92 Å². The number of nitrogens with zero attached hydrogens (tertiary/aromatic N) is 1. The first kappa shape index (κ1) is 10.2. The van der Waals surface area contributed by atoms with E-state index in [1.165, 1.54) is 19.3 Å². The van der Waals surface area contributed by atoms with Gasteiger partial charge in [0.15, 0.2) is 0 Å². The van der Waals surface area contributed by atoms with Crippen molar-refractivity contribution < 1.29 is 5.21 Å². The van der Waals surface area contributed by atoms with E-state index in [1.54, 1.807) is 0 Å². The van der Waals surface area contributed by atoms with Crippen LogP contribution in [0.1, 0.15) is 37.7 Å². The zero-order chi connectivity index (χ0) is 10.5. The van der Waals surface area contributed by atoms with Gasteiger partial charge in [0.05, 0.1) is 5.71 Å². The maximum Gasteiger partial charge on any atom is 0.0898 e. The first-order valence-corrected chi connectivity index (χ1v) is 5.69. The van der Waals surface area contributed by atoms with Gasteiger partial charge in [-0.1, -0.05) is 54.8 Å². The molecule has 2 heteroatoms. The van der Waals surface area contributed by atoms with E-state index in [1.807, 2.05) is 30.3 Å². The van der Waals surface area contributed by atoms with Gasteiger partial charge in [0.1, 0.15) is 0 Å². The van der Waals surface area contributed by atoms with E-state index < -0.39 is 0 Å². The van der Waals surface area contributed by atoms with Gasteiger partial charge < -0.3 is 5.21 Å². The van der Waals surface area contributed by atoms with Crippen LogP contribution in [0.3, 0.4) is 0 Å². The van der Waals surface area contributed by atoms with Crippen molar-refractivity contribution in [1.29, 1.82) is 0 Å². The Morgan fingerprint density at radius 3 is 2.33 bits per heavy atom. The molecule has 0 atom stereocenters. The van der Waals surface area contributed by atoms with Crippen LogP contribution in [0.5, 0.6) is 0 Å². The summed E-state index contributed by atoms with van der Waals surface area (Å²) in [5.74, 6) is 0.450. The third-order valence-electron chi connectivity index (χ3n) is 3.17. The Morgan fingerprint density at radius 2 is 1.73 bits per heavy atom. The standard InChI is InChI=1S/C13H17NO/c15-14-13(11-7-3-1-4-8-11)12-9-5-2-6-10-12/h1,3-4,7-8,12,15H,2,5-6,9-10H2/b14-13+. The maximum atomic E-state index is 9.12. The Kier molecular flexibility index (Phi) is 3.38. The predicted octanol–water partition coefficient (Wildman–Crippen LogP) is 3.45. The summed E-state index contributed by atoms with van der Waals surface area (Å²) in [4.78, 5) is 0. The molecule has 0 saturated heterocycles. The molecule has 2 nitrogen and oxygen atoms in total. The lowest BCUT2D eigenvalue weighted by Crippen LogP contribution is -2.18. The minimum atomic E-state index is 0.450. The topological polar surface area (TPSA) is 32.6 Å². The summed E-state index contributed by atoms with van der Waals surface area (Å²) in [5, 5.41) is 12.6. The lowest BCUT2D eigenvalue weighted by molar-refractivity contribution is 0.310. The molecule has 0 aliphatic heterocycles. The third-order valence-corrected chi connectivity index (χ3v) is 3.17. The van der Waals surface area contributed by atoms with Crippen LogP contribution in [0.25, 0.3) is 0 Å². The highest BCUT2D eigenvalue weighted by Gasteiger charge is 2.20. The average Bonchev–Trinajstić information content (AvgIpc) is 2.33. The molecular formula is C13H17NO. The number of oxime groups is 1. The molecule has 0 heterocycles. The summed E-state index contributed by atoms with van der Waals surface area (Å²) >= 11 is 0. The quantitative estimate of drug-likeness (QED) is 0.445. The number of rotatable bonds is 2. The van der Waals surface area contributed by atoms with Gasteiger partial charge in [0.25, 0.3) is 0 Å². The molecular weight excluding hydrogens is 186 g/mol. The second-order valence-corrected chi connectivity index (χ2v) is 4.19. The molecule has 2 rings (SSSR count). The number of benzene rings is 1. The normalized spacial score (nSPS) is 19.1. The van der Waals surface area contributed by atoms with Crippen LogP contribution in [0.4, 0.5) is 0 Å². The zero-order valence-electron chi connectivity index (χ0n) is 8.89. The Bertz CT molecular complexity index is 326. The monoisotopic (exact) mass is 203 g/mol. The minimum Gasteiger partial charge on any atom is -0.411 e. The molecule has 80 valence electrons. The molecule has 1 fully saturated rings. The molecule has 1 aromatic carbocycles. The molecule has 1 N–H and O–H groups in total. The largest absolute Gasteiger partial charge is 0.411 e. The molecule has 0 unspecified atom stereocenters. The van der Waals surface area contributed by atoms with E-state index >= 15 is 0 Å². The highest BCUT2D eigenvalue weighted by Crippen LogP contribution is 2.27. The fourth-order valence-electron chi connectivity index (χ4n) is 2.36. The molecule has 0 spiro atoms. The van der Waals surface area contributed by atoms with Gasteiger partial charge in [-0.2, -0.15) is 0 Å². The van der Waals surface area contributed by atoms with Gasteiger partial charge in [0.2, 0.25) is 0 Å². The van der Waals surface area contributed by atoms with Crippen LogP contribution in [0.2, 0.25) is 0 Å². The van der Waals surface area contributed by atoms with Gasteiger partial charge in [-0.3, -0.25) is 0 Å². The van der Waals surface area contributed by atoms with Crippen molar-refractivity contribution in [3.8, 4) is 0 Å². The van der Waals surface area contributed by atoms with E-state index in [9.17, 15) is 0 Å². The van der Waals surface area contributed by atoms with Crippen molar-refractivity contribution in [2.75, 3.05) is 0 Å². The van der Waals surface area contributed by atoms with E-state index in [4.69, 9.17) is 5.21 Å². The number of hydrogen-bond donors (Lipinski definition) is 1. The van der Waals surface area contributed by atoms with Crippen molar-refractivity contribution in [3.05, 3.63) is 35.9 Å². The van der Waals surface area contributed by atoms with Gasteiger partial charge in [-0.15, -0.1) is 0 Å². The Labute approximate surface area is 90.6 Å². The first-order valence-electron chi connectivity index (χ1n) is 5.69. The molecule has 0 aromatic heterocycles. The van der Waals surface area contributed by atoms with Crippen molar-refractivity contribution in [3.63, 3.8) is 0 Å². The third kappa shape index (κ3) is 2.38. The highest BCUT2D eigenvalue weighted by atomic mass is 16.4. The Morgan fingerprint density at radius 1 is 1.07 bits per heavy atom. The van der Waals surface area contributed by atoms with Crippen LogP contribution in [-0.4, -0.2) is 10.9 Å². The number of hydrogen-bond acceptors (Lipinski definition) is 2. The van der Waals surface area contributed by atoms with Crippen molar-refractivity contribution >= 4 is 5.71 Å². The fraction of sp³-hybridized carbons (Fsp3) is 0.462. The van der Waals surface area contributed by atoms with E-state index in [0.717, 1.165) is 24.1 Å². The lowest BCUT2D eigenvalue weighted by Gasteiger charge is -2.22. The smallest absolute Gasteiger partial charge is 0.0898 e. The van der Waals surface area contributed by atoms with Gasteiger partial charge in [-0.25, -0.2) is 0 Å². The first-order chi connectivity index (χ1) is 7.42. The summed E-state index contributed by atoms with van der Waals surface area (Å²) in [6, 6.07) is 10.00. The molecule has 1 saturated carbocycles. The highest BCUT2D eigenvalue weighted by molar-refractivity contribution is 6.01. The van der Waals surface area contributed by atoms with Crippen LogP contribution in [0.15, 0.2) is 35.5 Å². The molecule has 15 heavy (non-hydrogen) atoms. The summed E-state index contributed by atoms with van der Waals surface area (Å²) in [6.45, 7) is 0. The second kappa shape index (κ2) is 4.96. The zero-order valence-corrected chi connectivity index (χ0v) is 8.89. The molecule has 1 aliphatic rings. The maximum absolute atomic E-state index is 9.12. The van der Waals surface area contributed by atoms with Crippen LogP contribution < -0.4 is 0 Å². The fourth-order valence-corrected chi connectivity index (χ4v) is 2.36. The van der Waals surface area contributed by atoms with E-state index in [-0.39, 0.29) is 0 Å². The predicted molar refractivity (Wildman–Crippen MR) is 61.3 cm³/mol. The van der Waals surface area contributed by atoms with E-state index in [2.05, 4.69) is 5.16 Å². The van der Waals surface area contributed by atoms with Crippen molar-refractivity contribution in [1.82, 2.24) is 0 Å². The molecule has 0 bridgehead atoms. The molecule has 1 aromatic rings. The Balaban J connectivity index is 2.17. The lowest BCUT2D eigenvalue weighted by atomic mass is 9.83. The van der Waals surface area contributed by atoms with Gasteiger partial charge in [0, 0.05) is 5.92 Å². The SMILES string of the molecule is O/N=C(\c1ccccc1)C1CCCCC1. The summed E-state index contributed by atoms with van der Waals surface area (Å²) in [5.41, 5.74) is 1.93. The van der Waals surface area contributed by atoms with Crippen LogP contribution in [-0.2, 0) is 0 Å². The molecule has 0 radical (unpaired) electrons. The van der Waals surface area contributed by atoms with E-state index in [0.29, 0.717) is 5.92 Å². The second-order valence-electron chi connectivity index (χ2n) is 4.19. The van der Waals surface area contributed by atoms with Gasteiger partial charge in [-0.05, 0) is 18.4 Å². The van der Waals surface area contributed by atoms with Crippen molar-refractivity contribution in [2.24, 2.45) is 11.1 Å². The molecule has 1 aliphatic carbocycles. The van der Waals surface area contributed by atoms with Crippen LogP contribution >= 0.6 is 0 Å². The molecule has 0 amide bonds. The summed E-state index contributed by atoms with van der Waals surface area (Å²) in [7, 11) is 0. The summed E-state index contributed by atoms with van der Waals surface area (Å²) < 4.78 is 0. The minimum absolute atomic E-state index is 0.450. The van der Waals surface area contributed by atoms with Gasteiger partial charge >= 0.3 is 0 Å². The van der Waals surface area contributed by atoms with Crippen molar-refractivity contribution in [2.45, 2.75) is 32.1 Å². The average molecular weight is 203 g/mol.